The summed E-state index contributed by atoms with van der Waals surface area (Å²) >= 11 is 0.985. The number of pyridine rings is 1. The highest BCUT2D eigenvalue weighted by Crippen LogP contribution is 2.30. The Balaban J connectivity index is 1.32. The first-order valence-corrected chi connectivity index (χ1v) is 14.3. The number of carbonyl (C=O) groups excluding carboxylic acids is 1. The molecule has 3 heterocycles. The molecule has 2 aromatic carbocycles. The lowest BCUT2D eigenvalue weighted by Crippen LogP contribution is -2.44. The van der Waals surface area contributed by atoms with Crippen LogP contribution in [0.5, 0.6) is 0 Å². The van der Waals surface area contributed by atoms with Crippen LogP contribution >= 0.6 is 11.8 Å². The number of likely N-dealkylation sites (N-methyl/N-ethyl adjacent to an activating group) is 1. The molecule has 0 aliphatic carbocycles. The number of carbonyl (C=O) groups is 1. The average molecular weight is 582 g/mol. The topological polar surface area (TPSA) is 120 Å². The van der Waals surface area contributed by atoms with Crippen LogP contribution in [0.3, 0.4) is 0 Å². The second kappa shape index (κ2) is 12.8. The zero-order valence-corrected chi connectivity index (χ0v) is 23.6. The first-order chi connectivity index (χ1) is 19.8. The van der Waals surface area contributed by atoms with Gasteiger partial charge in [0.1, 0.15) is 28.3 Å². The van der Waals surface area contributed by atoms with Gasteiger partial charge >= 0.3 is 0 Å². The van der Waals surface area contributed by atoms with Crippen molar-refractivity contribution in [2.45, 2.75) is 28.8 Å². The normalized spacial score (nSPS) is 16.4. The largest absolute Gasteiger partial charge is 0.383 e. The van der Waals surface area contributed by atoms with Crippen LogP contribution in [-0.4, -0.2) is 74.1 Å². The number of amides is 1. The predicted octanol–water partition coefficient (Wildman–Crippen LogP) is 4.19. The maximum absolute atomic E-state index is 14.1. The van der Waals surface area contributed by atoms with Crippen LogP contribution in [0.15, 0.2) is 58.5 Å². The SMILES string of the molecule is CN1CCN(c2ccc(C(=O)NC(=N)c3ccc(Sc4ccc(F)cc4F)nc3N)c(NC3CCOCC3)c2)CC1. The number of nitrogens with two attached hydrogens (primary N) is 1. The molecule has 3 aromatic rings. The van der Waals surface area contributed by atoms with Gasteiger partial charge in [-0.2, -0.15) is 0 Å². The maximum Gasteiger partial charge on any atom is 0.258 e. The summed E-state index contributed by atoms with van der Waals surface area (Å²) in [6, 6.07) is 12.3. The lowest BCUT2D eigenvalue weighted by molar-refractivity contribution is 0.0904. The number of benzene rings is 2. The molecule has 2 saturated heterocycles. The van der Waals surface area contributed by atoms with Gasteiger partial charge < -0.3 is 30.9 Å². The van der Waals surface area contributed by atoms with Crippen molar-refractivity contribution in [3.63, 3.8) is 0 Å². The van der Waals surface area contributed by atoms with Gasteiger partial charge in [-0.15, -0.1) is 0 Å². The number of nitrogens with one attached hydrogen (secondary N) is 3. The Bertz CT molecular complexity index is 1430. The fourth-order valence-electron chi connectivity index (χ4n) is 4.82. The molecular weight excluding hydrogens is 548 g/mol. The Hall–Kier alpha value is -3.74. The number of anilines is 3. The Labute approximate surface area is 242 Å². The molecule has 1 amide bonds. The Kier molecular flexibility index (Phi) is 9.01. The number of halogens is 2. The summed E-state index contributed by atoms with van der Waals surface area (Å²) in [7, 11) is 2.11. The zero-order valence-electron chi connectivity index (χ0n) is 22.8. The Morgan fingerprint density at radius 2 is 1.78 bits per heavy atom. The second-order valence-electron chi connectivity index (χ2n) is 10.1. The van der Waals surface area contributed by atoms with Crippen LogP contribution in [0, 0.1) is 17.0 Å². The monoisotopic (exact) mass is 581 g/mol. The van der Waals surface area contributed by atoms with Crippen molar-refractivity contribution in [1.29, 1.82) is 5.41 Å². The number of nitrogen functional groups attached to an aromatic ring is 1. The summed E-state index contributed by atoms with van der Waals surface area (Å²) in [5, 5.41) is 15.1. The van der Waals surface area contributed by atoms with Gasteiger partial charge in [0.15, 0.2) is 0 Å². The highest BCUT2D eigenvalue weighted by molar-refractivity contribution is 7.99. The maximum atomic E-state index is 14.1. The van der Waals surface area contributed by atoms with E-state index in [0.29, 0.717) is 29.5 Å². The minimum Gasteiger partial charge on any atom is -0.383 e. The van der Waals surface area contributed by atoms with E-state index in [4.69, 9.17) is 15.9 Å². The molecule has 12 heteroatoms. The lowest BCUT2D eigenvalue weighted by Gasteiger charge is -2.34. The molecule has 41 heavy (non-hydrogen) atoms. The van der Waals surface area contributed by atoms with E-state index in [1.165, 1.54) is 6.07 Å². The molecular formula is C29H33F2N7O2S. The fourth-order valence-corrected chi connectivity index (χ4v) is 5.61. The van der Waals surface area contributed by atoms with Crippen LogP contribution < -0.4 is 21.3 Å². The third-order valence-corrected chi connectivity index (χ3v) is 8.20. The lowest BCUT2D eigenvalue weighted by atomic mass is 10.1. The molecule has 0 radical (unpaired) electrons. The summed E-state index contributed by atoms with van der Waals surface area (Å²) in [4.78, 5) is 22.5. The van der Waals surface area contributed by atoms with Gasteiger partial charge in [-0.3, -0.25) is 10.2 Å². The number of amidine groups is 1. The summed E-state index contributed by atoms with van der Waals surface area (Å²) in [6.07, 6.45) is 1.67. The van der Waals surface area contributed by atoms with E-state index in [1.54, 1.807) is 18.2 Å². The van der Waals surface area contributed by atoms with Crippen LogP contribution in [0.1, 0.15) is 28.8 Å². The minimum absolute atomic E-state index is 0.00814. The van der Waals surface area contributed by atoms with E-state index in [-0.39, 0.29) is 28.2 Å². The van der Waals surface area contributed by atoms with E-state index >= 15 is 0 Å². The number of hydrogen-bond acceptors (Lipinski definition) is 9. The van der Waals surface area contributed by atoms with Crippen LogP contribution in [0.2, 0.25) is 0 Å². The molecule has 0 saturated carbocycles. The van der Waals surface area contributed by atoms with Crippen LogP contribution in [0.4, 0.5) is 26.0 Å². The zero-order chi connectivity index (χ0) is 28.9. The Morgan fingerprint density at radius 3 is 2.49 bits per heavy atom. The smallest absolute Gasteiger partial charge is 0.258 e. The van der Waals surface area contributed by atoms with Gasteiger partial charge in [0.25, 0.3) is 5.91 Å². The first kappa shape index (κ1) is 28.8. The van der Waals surface area contributed by atoms with E-state index < -0.39 is 17.5 Å². The summed E-state index contributed by atoms with van der Waals surface area (Å²) in [5.41, 5.74) is 8.51. The standard InChI is InChI=1S/C29H33F2N7O2S/c1-37-10-12-38(13-11-37)20-3-4-21(24(17-20)34-19-8-14-40-15-9-19)29(39)36-28(33)22-5-7-26(35-27(22)32)41-25-6-2-18(30)16-23(25)31/h2-7,16-17,19,34H,8-15H2,1H3,(H2,32,35)(H2,33,36,39). The summed E-state index contributed by atoms with van der Waals surface area (Å²) in [6.45, 7) is 5.06. The van der Waals surface area contributed by atoms with Crippen molar-refractivity contribution in [2.24, 2.45) is 0 Å². The Morgan fingerprint density at radius 1 is 1.05 bits per heavy atom. The number of rotatable bonds is 7. The molecule has 2 fully saturated rings. The van der Waals surface area contributed by atoms with Gasteiger partial charge in [-0.05, 0) is 62.4 Å². The average Bonchev–Trinajstić information content (AvgIpc) is 2.95. The number of aromatic nitrogens is 1. The van der Waals surface area contributed by atoms with Gasteiger partial charge in [0.05, 0.1) is 11.1 Å². The molecule has 9 nitrogen and oxygen atoms in total. The molecule has 5 N–H and O–H groups in total. The molecule has 2 aliphatic heterocycles. The number of ether oxygens (including phenoxy) is 1. The second-order valence-corrected chi connectivity index (χ2v) is 11.2. The minimum atomic E-state index is -0.705. The quantitative estimate of drug-likeness (QED) is 0.242. The van der Waals surface area contributed by atoms with Crippen LogP contribution in [-0.2, 0) is 4.74 Å². The van der Waals surface area contributed by atoms with Crippen molar-refractivity contribution >= 4 is 40.7 Å². The van der Waals surface area contributed by atoms with Crippen molar-refractivity contribution in [2.75, 3.05) is 62.4 Å². The summed E-state index contributed by atoms with van der Waals surface area (Å²) < 4.78 is 32.8. The molecule has 1 aromatic heterocycles. The van der Waals surface area contributed by atoms with Gasteiger partial charge in [0.2, 0.25) is 0 Å². The molecule has 216 valence electrons. The number of piperazine rings is 1. The van der Waals surface area contributed by atoms with Crippen LogP contribution in [0.25, 0.3) is 0 Å². The summed E-state index contributed by atoms with van der Waals surface area (Å²) in [5.74, 6) is -2.01. The van der Waals surface area contributed by atoms with Gasteiger partial charge in [-0.1, -0.05) is 11.8 Å². The van der Waals surface area contributed by atoms with E-state index in [1.807, 2.05) is 12.1 Å². The molecule has 0 unspecified atom stereocenters. The predicted molar refractivity (Wildman–Crippen MR) is 157 cm³/mol. The molecule has 0 bridgehead atoms. The number of hydrogen-bond donors (Lipinski definition) is 4. The van der Waals surface area contributed by atoms with E-state index in [2.05, 4.69) is 32.5 Å². The molecule has 0 atom stereocenters. The highest BCUT2D eigenvalue weighted by atomic mass is 32.2. The third kappa shape index (κ3) is 7.13. The highest BCUT2D eigenvalue weighted by Gasteiger charge is 2.22. The first-order valence-electron chi connectivity index (χ1n) is 13.5. The van der Waals surface area contributed by atoms with E-state index in [9.17, 15) is 13.6 Å². The van der Waals surface area contributed by atoms with Gasteiger partial charge in [0, 0.05) is 67.8 Å². The van der Waals surface area contributed by atoms with Crippen molar-refractivity contribution in [3.8, 4) is 0 Å². The molecule has 5 rings (SSSR count). The van der Waals surface area contributed by atoms with Crippen molar-refractivity contribution in [1.82, 2.24) is 15.2 Å². The number of nitrogens with zero attached hydrogens (tertiary/aromatic N) is 3. The van der Waals surface area contributed by atoms with Gasteiger partial charge in [-0.25, -0.2) is 13.8 Å². The fraction of sp³-hybridized carbons (Fsp3) is 0.345. The molecule has 2 aliphatic rings. The molecule has 0 spiro atoms. The third-order valence-electron chi connectivity index (χ3n) is 7.21. The van der Waals surface area contributed by atoms with Crippen molar-refractivity contribution in [3.05, 3.63) is 71.3 Å². The van der Waals surface area contributed by atoms with Crippen molar-refractivity contribution < 1.29 is 18.3 Å². The van der Waals surface area contributed by atoms with E-state index in [0.717, 1.165) is 68.6 Å².